The van der Waals surface area contributed by atoms with Crippen molar-refractivity contribution < 1.29 is 8.78 Å². The zero-order valence-corrected chi connectivity index (χ0v) is 11.6. The molecule has 1 aromatic heterocycles. The van der Waals surface area contributed by atoms with Gasteiger partial charge in [-0.05, 0) is 30.7 Å². The molecule has 1 heterocycles. The van der Waals surface area contributed by atoms with Crippen molar-refractivity contribution in [1.82, 2.24) is 20.1 Å². The van der Waals surface area contributed by atoms with E-state index in [0.29, 0.717) is 12.0 Å². The fraction of sp³-hybridized carbons (Fsp3) is 0.429. The lowest BCUT2D eigenvalue weighted by Crippen LogP contribution is -2.25. The lowest BCUT2D eigenvalue weighted by Gasteiger charge is -2.18. The van der Waals surface area contributed by atoms with E-state index in [0.717, 1.165) is 24.9 Å². The third-order valence-corrected chi connectivity index (χ3v) is 3.12. The van der Waals surface area contributed by atoms with Gasteiger partial charge in [0.05, 0.1) is 0 Å². The van der Waals surface area contributed by atoms with Crippen molar-refractivity contribution in [3.63, 3.8) is 0 Å². The van der Waals surface area contributed by atoms with E-state index in [1.54, 1.807) is 11.7 Å². The van der Waals surface area contributed by atoms with Crippen molar-refractivity contribution in [2.75, 3.05) is 6.54 Å². The number of rotatable bonds is 6. The molecule has 4 nitrogen and oxygen atoms in total. The van der Waals surface area contributed by atoms with Crippen LogP contribution in [-0.4, -0.2) is 21.3 Å². The molecule has 1 unspecified atom stereocenters. The van der Waals surface area contributed by atoms with Crippen LogP contribution in [-0.2, 0) is 13.5 Å². The Morgan fingerprint density at radius 2 is 1.95 bits per heavy atom. The van der Waals surface area contributed by atoms with E-state index < -0.39 is 11.6 Å². The molecule has 0 saturated carbocycles. The second kappa shape index (κ2) is 6.56. The number of nitrogens with zero attached hydrogens (tertiary/aromatic N) is 3. The van der Waals surface area contributed by atoms with Gasteiger partial charge in [-0.25, -0.2) is 13.8 Å². The fourth-order valence-electron chi connectivity index (χ4n) is 2.09. The van der Waals surface area contributed by atoms with E-state index in [1.165, 1.54) is 18.5 Å². The fourth-order valence-corrected chi connectivity index (χ4v) is 2.09. The summed E-state index contributed by atoms with van der Waals surface area (Å²) in [5.41, 5.74) is 0.582. The monoisotopic (exact) mass is 280 g/mol. The summed E-state index contributed by atoms with van der Waals surface area (Å²) in [6, 6.07) is 3.39. The lowest BCUT2D eigenvalue weighted by atomic mass is 10.0. The van der Waals surface area contributed by atoms with Crippen molar-refractivity contribution in [3.05, 3.63) is 47.5 Å². The molecule has 6 heteroatoms. The molecule has 0 aliphatic heterocycles. The topological polar surface area (TPSA) is 42.7 Å². The first-order chi connectivity index (χ1) is 9.60. The van der Waals surface area contributed by atoms with Crippen LogP contribution in [0.25, 0.3) is 0 Å². The summed E-state index contributed by atoms with van der Waals surface area (Å²) in [5, 5.41) is 7.30. The third kappa shape index (κ3) is 3.60. The zero-order chi connectivity index (χ0) is 14.5. The summed E-state index contributed by atoms with van der Waals surface area (Å²) >= 11 is 0. The van der Waals surface area contributed by atoms with Crippen LogP contribution in [0, 0.1) is 11.6 Å². The molecule has 108 valence electrons. The molecule has 0 spiro atoms. The summed E-state index contributed by atoms with van der Waals surface area (Å²) in [7, 11) is 1.80. The molecule has 0 saturated heterocycles. The molecule has 1 atom stereocenters. The highest BCUT2D eigenvalue weighted by Crippen LogP contribution is 2.20. The minimum atomic E-state index is -0.568. The molecule has 1 aromatic carbocycles. The highest BCUT2D eigenvalue weighted by Gasteiger charge is 2.16. The Kier molecular flexibility index (Phi) is 4.79. The minimum absolute atomic E-state index is 0.192. The van der Waals surface area contributed by atoms with Crippen LogP contribution in [0.5, 0.6) is 0 Å². The average Bonchev–Trinajstić information content (AvgIpc) is 2.78. The van der Waals surface area contributed by atoms with Crippen molar-refractivity contribution in [2.45, 2.75) is 25.8 Å². The number of nitrogens with one attached hydrogen (secondary N) is 1. The van der Waals surface area contributed by atoms with Crippen LogP contribution in [0.1, 0.15) is 30.8 Å². The Hall–Kier alpha value is -1.82. The average molecular weight is 280 g/mol. The standard InChI is InChI=1S/C14H18F2N4/c1-3-4-17-13(8-14-18-9-19-20(14)2)10-5-11(15)7-12(16)6-10/h5-7,9,13,17H,3-4,8H2,1-2H3. The highest BCUT2D eigenvalue weighted by molar-refractivity contribution is 5.22. The van der Waals surface area contributed by atoms with Gasteiger partial charge in [-0.15, -0.1) is 0 Å². The summed E-state index contributed by atoms with van der Waals surface area (Å²) in [5.74, 6) is -0.370. The molecule has 0 bridgehead atoms. The Morgan fingerprint density at radius 3 is 2.50 bits per heavy atom. The Balaban J connectivity index is 2.24. The van der Waals surface area contributed by atoms with Crippen LogP contribution >= 0.6 is 0 Å². The number of hydrogen-bond acceptors (Lipinski definition) is 3. The number of aryl methyl sites for hydroxylation is 1. The lowest BCUT2D eigenvalue weighted by molar-refractivity contribution is 0.497. The van der Waals surface area contributed by atoms with Crippen molar-refractivity contribution in [3.8, 4) is 0 Å². The number of hydrogen-bond donors (Lipinski definition) is 1. The second-order valence-electron chi connectivity index (χ2n) is 4.71. The molecule has 0 amide bonds. The van der Waals surface area contributed by atoms with Crippen LogP contribution in [0.15, 0.2) is 24.5 Å². The van der Waals surface area contributed by atoms with E-state index in [9.17, 15) is 8.78 Å². The van der Waals surface area contributed by atoms with Crippen molar-refractivity contribution >= 4 is 0 Å². The molecule has 2 aromatic rings. The number of benzene rings is 1. The van der Waals surface area contributed by atoms with E-state index >= 15 is 0 Å². The van der Waals surface area contributed by atoms with Gasteiger partial charge >= 0.3 is 0 Å². The Labute approximate surface area is 116 Å². The predicted molar refractivity (Wildman–Crippen MR) is 72.1 cm³/mol. The van der Waals surface area contributed by atoms with Crippen molar-refractivity contribution in [2.24, 2.45) is 7.05 Å². The maximum atomic E-state index is 13.4. The van der Waals surface area contributed by atoms with Gasteiger partial charge < -0.3 is 5.32 Å². The van der Waals surface area contributed by atoms with Crippen LogP contribution in [0.2, 0.25) is 0 Å². The molecule has 1 N–H and O–H groups in total. The van der Waals surface area contributed by atoms with Crippen molar-refractivity contribution in [1.29, 1.82) is 0 Å². The molecular weight excluding hydrogens is 262 g/mol. The largest absolute Gasteiger partial charge is 0.310 e. The van der Waals surface area contributed by atoms with E-state index in [2.05, 4.69) is 15.4 Å². The molecule has 20 heavy (non-hydrogen) atoms. The first-order valence-corrected chi connectivity index (χ1v) is 6.62. The van der Waals surface area contributed by atoms with Gasteiger partial charge in [-0.1, -0.05) is 6.92 Å². The predicted octanol–water partition coefficient (Wildman–Crippen LogP) is 2.38. The second-order valence-corrected chi connectivity index (χ2v) is 4.71. The van der Waals surface area contributed by atoms with Gasteiger partial charge in [0.25, 0.3) is 0 Å². The first-order valence-electron chi connectivity index (χ1n) is 6.62. The summed E-state index contributed by atoms with van der Waals surface area (Å²) in [6.07, 6.45) is 2.94. The first kappa shape index (κ1) is 14.6. The van der Waals surface area contributed by atoms with Gasteiger partial charge in [0.2, 0.25) is 0 Å². The third-order valence-electron chi connectivity index (χ3n) is 3.12. The van der Waals surface area contributed by atoms with Gasteiger partial charge in [-0.2, -0.15) is 5.10 Å². The maximum Gasteiger partial charge on any atom is 0.138 e. The smallest absolute Gasteiger partial charge is 0.138 e. The summed E-state index contributed by atoms with van der Waals surface area (Å²) in [6.45, 7) is 2.80. The van der Waals surface area contributed by atoms with Crippen LogP contribution in [0.3, 0.4) is 0 Å². The van der Waals surface area contributed by atoms with E-state index in [1.807, 2.05) is 6.92 Å². The number of aromatic nitrogens is 3. The molecule has 0 aliphatic carbocycles. The van der Waals surface area contributed by atoms with Crippen LogP contribution < -0.4 is 5.32 Å². The Bertz CT molecular complexity index is 548. The molecule has 2 rings (SSSR count). The highest BCUT2D eigenvalue weighted by atomic mass is 19.1. The van der Waals surface area contributed by atoms with Gasteiger partial charge in [-0.3, -0.25) is 4.68 Å². The minimum Gasteiger partial charge on any atom is -0.310 e. The number of halogens is 2. The van der Waals surface area contributed by atoms with Crippen LogP contribution in [0.4, 0.5) is 8.78 Å². The quantitative estimate of drug-likeness (QED) is 0.883. The van der Waals surface area contributed by atoms with Gasteiger partial charge in [0.15, 0.2) is 0 Å². The summed E-state index contributed by atoms with van der Waals surface area (Å²) in [4.78, 5) is 4.16. The van der Waals surface area contributed by atoms with E-state index in [-0.39, 0.29) is 6.04 Å². The zero-order valence-electron chi connectivity index (χ0n) is 11.6. The molecule has 0 aliphatic rings. The van der Waals surface area contributed by atoms with E-state index in [4.69, 9.17) is 0 Å². The van der Waals surface area contributed by atoms with Gasteiger partial charge in [0.1, 0.15) is 23.8 Å². The summed E-state index contributed by atoms with van der Waals surface area (Å²) < 4.78 is 28.4. The normalized spacial score (nSPS) is 12.6. The molecular formula is C14H18F2N4. The SMILES string of the molecule is CCCNC(Cc1ncnn1C)c1cc(F)cc(F)c1. The Morgan fingerprint density at radius 1 is 1.25 bits per heavy atom. The molecule has 0 radical (unpaired) electrons. The maximum absolute atomic E-state index is 13.4. The van der Waals surface area contributed by atoms with Gasteiger partial charge in [0, 0.05) is 25.6 Å². The molecule has 0 fully saturated rings.